The van der Waals surface area contributed by atoms with Crippen LogP contribution in [0.3, 0.4) is 0 Å². The average molecular weight is 215 g/mol. The minimum atomic E-state index is 0.103. The molecule has 1 amide bonds. The Kier molecular flexibility index (Phi) is 5.65. The van der Waals surface area contributed by atoms with E-state index in [0.717, 1.165) is 32.5 Å². The van der Waals surface area contributed by atoms with Crippen LogP contribution < -0.4 is 0 Å². The molecule has 1 rings (SSSR count). The molecule has 0 aliphatic carbocycles. The summed E-state index contributed by atoms with van der Waals surface area (Å²) in [7, 11) is 1.72. The highest BCUT2D eigenvalue weighted by atomic mass is 16.5. The molecule has 0 aromatic carbocycles. The van der Waals surface area contributed by atoms with Crippen molar-refractivity contribution >= 4 is 5.91 Å². The summed E-state index contributed by atoms with van der Waals surface area (Å²) in [6, 6.07) is 0. The van der Waals surface area contributed by atoms with Crippen molar-refractivity contribution in [2.75, 3.05) is 33.4 Å². The van der Waals surface area contributed by atoms with E-state index in [4.69, 9.17) is 9.84 Å². The molecule has 0 bridgehead atoms. The fourth-order valence-electron chi connectivity index (χ4n) is 1.97. The molecule has 1 fully saturated rings. The summed E-state index contributed by atoms with van der Waals surface area (Å²) < 4.78 is 5.11. The number of hydrogen-bond donors (Lipinski definition) is 1. The van der Waals surface area contributed by atoms with E-state index < -0.39 is 0 Å². The number of aliphatic hydroxyl groups excluding tert-OH is 1. The first-order valence-corrected chi connectivity index (χ1v) is 5.65. The first kappa shape index (κ1) is 12.5. The smallest absolute Gasteiger partial charge is 0.222 e. The fraction of sp³-hybridized carbons (Fsp3) is 0.909. The lowest BCUT2D eigenvalue weighted by Gasteiger charge is -2.31. The third-order valence-corrected chi connectivity index (χ3v) is 2.92. The maximum atomic E-state index is 11.6. The van der Waals surface area contributed by atoms with Crippen molar-refractivity contribution in [1.82, 2.24) is 4.90 Å². The van der Waals surface area contributed by atoms with Crippen LogP contribution in [-0.2, 0) is 9.53 Å². The molecule has 4 heteroatoms. The van der Waals surface area contributed by atoms with E-state index in [-0.39, 0.29) is 12.5 Å². The zero-order chi connectivity index (χ0) is 11.1. The molecule has 0 radical (unpaired) electrons. The maximum absolute atomic E-state index is 11.6. The Labute approximate surface area is 91.2 Å². The van der Waals surface area contributed by atoms with Crippen molar-refractivity contribution in [3.63, 3.8) is 0 Å². The second-order valence-electron chi connectivity index (χ2n) is 4.11. The lowest BCUT2D eigenvalue weighted by molar-refractivity contribution is -0.133. The Morgan fingerprint density at radius 2 is 2.13 bits per heavy atom. The van der Waals surface area contributed by atoms with Crippen LogP contribution in [0.25, 0.3) is 0 Å². The molecular formula is C11H21NO3. The number of hydrogen-bond acceptors (Lipinski definition) is 3. The molecule has 0 unspecified atom stereocenters. The number of likely N-dealkylation sites (tertiary alicyclic amines) is 1. The van der Waals surface area contributed by atoms with Crippen molar-refractivity contribution in [2.45, 2.75) is 25.7 Å². The monoisotopic (exact) mass is 215 g/mol. The average Bonchev–Trinajstić information content (AvgIpc) is 2.27. The molecule has 1 saturated heterocycles. The number of carbonyl (C=O) groups is 1. The van der Waals surface area contributed by atoms with Gasteiger partial charge in [-0.15, -0.1) is 0 Å². The summed E-state index contributed by atoms with van der Waals surface area (Å²) in [6.45, 7) is 2.60. The van der Waals surface area contributed by atoms with E-state index in [1.807, 2.05) is 4.90 Å². The molecule has 1 N–H and O–H groups in total. The highest BCUT2D eigenvalue weighted by molar-refractivity contribution is 5.76. The van der Waals surface area contributed by atoms with E-state index in [1.165, 1.54) is 0 Å². The Balaban J connectivity index is 2.21. The highest BCUT2D eigenvalue weighted by Crippen LogP contribution is 2.17. The molecule has 1 aliphatic rings. The Morgan fingerprint density at radius 3 is 2.67 bits per heavy atom. The normalized spacial score (nSPS) is 18.1. The van der Waals surface area contributed by atoms with E-state index in [0.29, 0.717) is 18.8 Å². The molecule has 0 saturated carbocycles. The molecule has 0 aromatic rings. The van der Waals surface area contributed by atoms with Crippen LogP contribution in [0.1, 0.15) is 25.7 Å². The zero-order valence-electron chi connectivity index (χ0n) is 9.45. The van der Waals surface area contributed by atoms with Crippen LogP contribution in [0.15, 0.2) is 0 Å². The molecule has 4 nitrogen and oxygen atoms in total. The number of aliphatic hydroxyl groups is 1. The summed E-state index contributed by atoms with van der Waals surface area (Å²) >= 11 is 0. The molecule has 1 aliphatic heterocycles. The van der Waals surface area contributed by atoms with Crippen molar-refractivity contribution in [3.05, 3.63) is 0 Å². The van der Waals surface area contributed by atoms with Gasteiger partial charge in [0.05, 0.1) is 0 Å². The fourth-order valence-corrected chi connectivity index (χ4v) is 1.97. The third kappa shape index (κ3) is 4.18. The van der Waals surface area contributed by atoms with Gasteiger partial charge in [0.2, 0.25) is 5.91 Å². The van der Waals surface area contributed by atoms with Gasteiger partial charge < -0.3 is 14.7 Å². The topological polar surface area (TPSA) is 49.8 Å². The predicted molar refractivity (Wildman–Crippen MR) is 57.5 cm³/mol. The second-order valence-corrected chi connectivity index (χ2v) is 4.11. The van der Waals surface area contributed by atoms with Crippen LogP contribution >= 0.6 is 0 Å². The van der Waals surface area contributed by atoms with Crippen LogP contribution in [-0.4, -0.2) is 49.3 Å². The van der Waals surface area contributed by atoms with Gasteiger partial charge in [-0.25, -0.2) is 0 Å². The van der Waals surface area contributed by atoms with Crippen molar-refractivity contribution < 1.29 is 14.6 Å². The van der Waals surface area contributed by atoms with E-state index >= 15 is 0 Å². The van der Waals surface area contributed by atoms with Gasteiger partial charge >= 0.3 is 0 Å². The van der Waals surface area contributed by atoms with Gasteiger partial charge in [0.25, 0.3) is 0 Å². The number of piperidine rings is 1. The summed E-state index contributed by atoms with van der Waals surface area (Å²) in [5.74, 6) is 0.789. The van der Waals surface area contributed by atoms with Crippen LogP contribution in [0.5, 0.6) is 0 Å². The molecule has 0 aromatic heterocycles. The van der Waals surface area contributed by atoms with Crippen LogP contribution in [0.2, 0.25) is 0 Å². The summed E-state index contributed by atoms with van der Waals surface area (Å²) in [5.41, 5.74) is 0. The molecule has 88 valence electrons. The number of carbonyl (C=O) groups excluding carboxylic acids is 1. The largest absolute Gasteiger partial charge is 0.396 e. The molecule has 0 spiro atoms. The standard InChI is InChI=1S/C11H21NO3/c1-15-9-10-4-6-12(7-5-10)11(14)3-2-8-13/h10,13H,2-9H2,1H3. The number of ether oxygens (including phenoxy) is 1. The van der Waals surface area contributed by atoms with Crippen LogP contribution in [0.4, 0.5) is 0 Å². The van der Waals surface area contributed by atoms with Gasteiger partial charge in [0, 0.05) is 39.8 Å². The Morgan fingerprint density at radius 1 is 1.47 bits per heavy atom. The van der Waals surface area contributed by atoms with Gasteiger partial charge in [0.15, 0.2) is 0 Å². The van der Waals surface area contributed by atoms with Gasteiger partial charge in [-0.1, -0.05) is 0 Å². The minimum absolute atomic E-state index is 0.103. The van der Waals surface area contributed by atoms with Gasteiger partial charge in [-0.2, -0.15) is 0 Å². The van der Waals surface area contributed by atoms with Gasteiger partial charge in [-0.05, 0) is 25.2 Å². The van der Waals surface area contributed by atoms with Crippen molar-refractivity contribution in [1.29, 1.82) is 0 Å². The molecule has 15 heavy (non-hydrogen) atoms. The van der Waals surface area contributed by atoms with E-state index in [2.05, 4.69) is 0 Å². The highest BCUT2D eigenvalue weighted by Gasteiger charge is 2.21. The zero-order valence-corrected chi connectivity index (χ0v) is 9.45. The number of nitrogens with zero attached hydrogens (tertiary/aromatic N) is 1. The molecule has 1 heterocycles. The number of methoxy groups -OCH3 is 1. The van der Waals surface area contributed by atoms with Gasteiger partial charge in [-0.3, -0.25) is 4.79 Å². The third-order valence-electron chi connectivity index (χ3n) is 2.92. The number of amides is 1. The second kappa shape index (κ2) is 6.80. The lowest BCUT2D eigenvalue weighted by atomic mass is 9.97. The molecular weight excluding hydrogens is 194 g/mol. The predicted octanol–water partition coefficient (Wildman–Crippen LogP) is 0.644. The maximum Gasteiger partial charge on any atom is 0.222 e. The summed E-state index contributed by atoms with van der Waals surface area (Å²) in [5, 5.41) is 8.64. The van der Waals surface area contributed by atoms with Gasteiger partial charge in [0.1, 0.15) is 0 Å². The Hall–Kier alpha value is -0.610. The first-order valence-electron chi connectivity index (χ1n) is 5.65. The quantitative estimate of drug-likeness (QED) is 0.732. The summed E-state index contributed by atoms with van der Waals surface area (Å²) in [6.07, 6.45) is 3.14. The SMILES string of the molecule is COCC1CCN(C(=O)CCCO)CC1. The van der Waals surface area contributed by atoms with Crippen molar-refractivity contribution in [3.8, 4) is 0 Å². The van der Waals surface area contributed by atoms with E-state index in [9.17, 15) is 4.79 Å². The number of rotatable bonds is 5. The van der Waals surface area contributed by atoms with E-state index in [1.54, 1.807) is 7.11 Å². The summed E-state index contributed by atoms with van der Waals surface area (Å²) in [4.78, 5) is 13.5. The lowest BCUT2D eigenvalue weighted by Crippen LogP contribution is -2.39. The molecule has 0 atom stereocenters. The van der Waals surface area contributed by atoms with Crippen molar-refractivity contribution in [2.24, 2.45) is 5.92 Å². The van der Waals surface area contributed by atoms with Crippen LogP contribution in [0, 0.1) is 5.92 Å². The minimum Gasteiger partial charge on any atom is -0.396 e. The Bertz CT molecular complexity index is 188. The first-order chi connectivity index (χ1) is 7.27.